The zero-order valence-electron chi connectivity index (χ0n) is 9.62. The molecular weight excluding hydrogens is 226 g/mol. The van der Waals surface area contributed by atoms with E-state index in [-0.39, 0.29) is 30.5 Å². The minimum Gasteiger partial charge on any atom is -0.507 e. The molecular formula is C12H18ClNO2. The van der Waals surface area contributed by atoms with Gasteiger partial charge in [-0.3, -0.25) is 4.79 Å². The van der Waals surface area contributed by atoms with E-state index in [2.05, 4.69) is 0 Å². The molecule has 0 aliphatic carbocycles. The molecule has 0 unspecified atom stereocenters. The lowest BCUT2D eigenvalue weighted by Gasteiger charge is -2.08. The van der Waals surface area contributed by atoms with Gasteiger partial charge in [0.25, 0.3) is 0 Å². The lowest BCUT2D eigenvalue weighted by atomic mass is 10.00. The van der Waals surface area contributed by atoms with Gasteiger partial charge in [0.1, 0.15) is 5.75 Å². The molecule has 0 saturated carbocycles. The van der Waals surface area contributed by atoms with E-state index in [4.69, 9.17) is 5.73 Å². The second-order valence-electron chi connectivity index (χ2n) is 3.68. The van der Waals surface area contributed by atoms with Crippen molar-refractivity contribution in [2.45, 2.75) is 33.2 Å². The lowest BCUT2D eigenvalue weighted by molar-refractivity contribution is 0.0981. The van der Waals surface area contributed by atoms with Gasteiger partial charge in [-0.15, -0.1) is 12.4 Å². The van der Waals surface area contributed by atoms with Crippen molar-refractivity contribution in [3.05, 3.63) is 28.8 Å². The monoisotopic (exact) mass is 243 g/mol. The molecule has 90 valence electrons. The van der Waals surface area contributed by atoms with Gasteiger partial charge in [-0.25, -0.2) is 0 Å². The average Bonchev–Trinajstić information content (AvgIpc) is 2.22. The summed E-state index contributed by atoms with van der Waals surface area (Å²) in [5, 5.41) is 9.64. The minimum atomic E-state index is 0. The van der Waals surface area contributed by atoms with Crippen molar-refractivity contribution in [3.63, 3.8) is 0 Å². The van der Waals surface area contributed by atoms with Crippen LogP contribution >= 0.6 is 12.4 Å². The van der Waals surface area contributed by atoms with E-state index < -0.39 is 0 Å². The molecule has 0 radical (unpaired) electrons. The topological polar surface area (TPSA) is 63.3 Å². The van der Waals surface area contributed by atoms with Gasteiger partial charge in [-0.1, -0.05) is 6.92 Å². The van der Waals surface area contributed by atoms with Crippen LogP contribution in [0.2, 0.25) is 0 Å². The molecule has 1 rings (SSSR count). The highest BCUT2D eigenvalue weighted by molar-refractivity contribution is 5.96. The summed E-state index contributed by atoms with van der Waals surface area (Å²) in [6, 6.07) is 3.40. The number of ketones is 1. The summed E-state index contributed by atoms with van der Waals surface area (Å²) >= 11 is 0. The third-order valence-corrected chi connectivity index (χ3v) is 2.40. The molecule has 4 heteroatoms. The van der Waals surface area contributed by atoms with E-state index in [0.29, 0.717) is 23.1 Å². The molecule has 0 heterocycles. The van der Waals surface area contributed by atoms with Crippen molar-refractivity contribution >= 4 is 18.2 Å². The van der Waals surface area contributed by atoms with E-state index in [1.165, 1.54) is 0 Å². The fourth-order valence-corrected chi connectivity index (χ4v) is 1.54. The number of phenols is 1. The largest absolute Gasteiger partial charge is 0.507 e. The van der Waals surface area contributed by atoms with E-state index in [1.807, 2.05) is 6.92 Å². The molecule has 16 heavy (non-hydrogen) atoms. The Morgan fingerprint density at radius 1 is 1.44 bits per heavy atom. The second kappa shape index (κ2) is 6.51. The van der Waals surface area contributed by atoms with Crippen molar-refractivity contribution in [1.82, 2.24) is 0 Å². The number of phenolic OH excluding ortho intramolecular Hbond substituents is 1. The number of benzene rings is 1. The van der Waals surface area contributed by atoms with E-state index >= 15 is 0 Å². The Hall–Kier alpha value is -1.06. The highest BCUT2D eigenvalue weighted by atomic mass is 35.5. The Morgan fingerprint density at radius 3 is 2.56 bits per heavy atom. The molecule has 0 saturated heterocycles. The number of hydrogen-bond acceptors (Lipinski definition) is 3. The van der Waals surface area contributed by atoms with Crippen LogP contribution in [0.15, 0.2) is 12.1 Å². The lowest BCUT2D eigenvalue weighted by Crippen LogP contribution is -2.03. The van der Waals surface area contributed by atoms with Gasteiger partial charge in [0.05, 0.1) is 0 Å². The van der Waals surface area contributed by atoms with Gasteiger partial charge >= 0.3 is 0 Å². The second-order valence-corrected chi connectivity index (χ2v) is 3.68. The Balaban J connectivity index is 0.00000225. The maximum Gasteiger partial charge on any atom is 0.162 e. The molecule has 1 aromatic carbocycles. The third kappa shape index (κ3) is 3.22. The number of hydrogen-bond donors (Lipinski definition) is 2. The maximum absolute atomic E-state index is 11.7. The molecule has 0 fully saturated rings. The molecule has 0 aliphatic rings. The molecule has 0 atom stereocenters. The molecule has 0 aliphatic heterocycles. The fraction of sp³-hybridized carbons (Fsp3) is 0.417. The van der Waals surface area contributed by atoms with Crippen molar-refractivity contribution < 1.29 is 9.90 Å². The van der Waals surface area contributed by atoms with E-state index in [0.717, 1.165) is 6.42 Å². The minimum absolute atomic E-state index is 0. The first-order valence-corrected chi connectivity index (χ1v) is 5.15. The van der Waals surface area contributed by atoms with Gasteiger partial charge in [-0.2, -0.15) is 0 Å². The van der Waals surface area contributed by atoms with Gasteiger partial charge in [0.2, 0.25) is 0 Å². The van der Waals surface area contributed by atoms with Gasteiger partial charge < -0.3 is 10.8 Å². The number of Topliss-reactive ketones (excluding diaryl/α,β-unsaturated/α-hetero) is 1. The Labute approximate surface area is 102 Å². The van der Waals surface area contributed by atoms with Crippen LogP contribution in [0.25, 0.3) is 0 Å². The number of carbonyl (C=O) groups excluding carboxylic acids is 1. The Kier molecular flexibility index (Phi) is 6.08. The number of aromatic hydroxyl groups is 1. The van der Waals surface area contributed by atoms with Crippen LogP contribution in [-0.2, 0) is 6.54 Å². The SMILES string of the molecule is CCCC(=O)c1cc(C)c(O)c(CN)c1.Cl. The number of rotatable bonds is 4. The molecule has 0 bridgehead atoms. The maximum atomic E-state index is 11.7. The average molecular weight is 244 g/mol. The third-order valence-electron chi connectivity index (χ3n) is 2.40. The number of halogens is 1. The van der Waals surface area contributed by atoms with E-state index in [1.54, 1.807) is 19.1 Å². The van der Waals surface area contributed by atoms with Crippen LogP contribution in [0.5, 0.6) is 5.75 Å². The summed E-state index contributed by atoms with van der Waals surface area (Å²) in [4.78, 5) is 11.7. The molecule has 1 aromatic rings. The Morgan fingerprint density at radius 2 is 2.06 bits per heavy atom. The zero-order chi connectivity index (χ0) is 11.4. The van der Waals surface area contributed by atoms with Crippen LogP contribution in [0.4, 0.5) is 0 Å². The first-order valence-electron chi connectivity index (χ1n) is 5.15. The number of nitrogens with two attached hydrogens (primary N) is 1. The Bertz CT molecular complexity index is 378. The predicted molar refractivity (Wildman–Crippen MR) is 67.2 cm³/mol. The molecule has 0 spiro atoms. The first-order chi connectivity index (χ1) is 7.10. The van der Waals surface area contributed by atoms with Crippen LogP contribution in [-0.4, -0.2) is 10.9 Å². The van der Waals surface area contributed by atoms with Crippen LogP contribution in [0, 0.1) is 6.92 Å². The van der Waals surface area contributed by atoms with Crippen molar-refractivity contribution in [1.29, 1.82) is 0 Å². The summed E-state index contributed by atoms with van der Waals surface area (Å²) in [5.41, 5.74) is 7.48. The standard InChI is InChI=1S/C12H17NO2.ClH/c1-3-4-11(14)9-5-8(2)12(15)10(6-9)7-13;/h5-6,15H,3-4,7,13H2,1-2H3;1H. The smallest absolute Gasteiger partial charge is 0.162 e. The summed E-state index contributed by atoms with van der Waals surface area (Å²) < 4.78 is 0. The van der Waals surface area contributed by atoms with Crippen molar-refractivity contribution in [3.8, 4) is 5.75 Å². The summed E-state index contributed by atoms with van der Waals surface area (Å²) in [7, 11) is 0. The number of aryl methyl sites for hydroxylation is 1. The molecule has 3 nitrogen and oxygen atoms in total. The summed E-state index contributed by atoms with van der Waals surface area (Å²) in [5.74, 6) is 0.306. The van der Waals surface area contributed by atoms with Gasteiger partial charge in [0, 0.05) is 24.1 Å². The molecule has 3 N–H and O–H groups in total. The van der Waals surface area contributed by atoms with E-state index in [9.17, 15) is 9.90 Å². The zero-order valence-corrected chi connectivity index (χ0v) is 10.4. The fourth-order valence-electron chi connectivity index (χ4n) is 1.54. The molecule has 0 aromatic heterocycles. The van der Waals surface area contributed by atoms with Crippen molar-refractivity contribution in [2.75, 3.05) is 0 Å². The first kappa shape index (κ1) is 14.9. The van der Waals surface area contributed by atoms with Crippen LogP contribution in [0.3, 0.4) is 0 Å². The van der Waals surface area contributed by atoms with Crippen molar-refractivity contribution in [2.24, 2.45) is 5.73 Å². The van der Waals surface area contributed by atoms with Crippen LogP contribution < -0.4 is 5.73 Å². The highest BCUT2D eigenvalue weighted by Gasteiger charge is 2.10. The van der Waals surface area contributed by atoms with Gasteiger partial charge in [-0.05, 0) is 31.0 Å². The molecule has 0 amide bonds. The number of carbonyl (C=O) groups is 1. The predicted octanol–water partition coefficient (Wildman–Crippen LogP) is 2.56. The highest BCUT2D eigenvalue weighted by Crippen LogP contribution is 2.24. The van der Waals surface area contributed by atoms with Gasteiger partial charge in [0.15, 0.2) is 5.78 Å². The summed E-state index contributed by atoms with van der Waals surface area (Å²) in [6.45, 7) is 3.99. The summed E-state index contributed by atoms with van der Waals surface area (Å²) in [6.07, 6.45) is 1.37. The normalized spacial score (nSPS) is 9.69. The van der Waals surface area contributed by atoms with Crippen LogP contribution in [0.1, 0.15) is 41.3 Å². The quantitative estimate of drug-likeness (QED) is 0.799.